The molecule has 0 unspecified atom stereocenters. The molecule has 0 aromatic carbocycles. The number of hydrogen-bond donors (Lipinski definition) is 1. The van der Waals surface area contributed by atoms with E-state index in [2.05, 4.69) is 67.6 Å². The minimum absolute atomic E-state index is 0.115. The normalized spacial score (nSPS) is 45.0. The highest BCUT2D eigenvalue weighted by atomic mass is 16.5. The predicted octanol–water partition coefficient (Wildman–Crippen LogP) is 8.00. The number of hydrogen-bond acceptors (Lipinski definition) is 4. The van der Waals surface area contributed by atoms with Gasteiger partial charge < -0.3 is 10.1 Å². The molecule has 5 rings (SSSR count). The van der Waals surface area contributed by atoms with Crippen LogP contribution in [0.2, 0.25) is 0 Å². The molecule has 1 amide bonds. The fourth-order valence-electron chi connectivity index (χ4n) is 12.7. The summed E-state index contributed by atoms with van der Waals surface area (Å²) >= 11 is 0. The number of amides is 1. The molecule has 0 spiro atoms. The van der Waals surface area contributed by atoms with Gasteiger partial charge in [-0.05, 0) is 122 Å². The Hall–Kier alpha value is -1.39. The van der Waals surface area contributed by atoms with Crippen molar-refractivity contribution in [1.29, 1.82) is 0 Å². The Morgan fingerprint density at radius 3 is 2.17 bits per heavy atom. The molecule has 0 heterocycles. The molecule has 5 aliphatic carbocycles. The molecule has 42 heavy (non-hydrogen) atoms. The molecular weight excluding hydrogens is 522 g/mol. The lowest BCUT2D eigenvalue weighted by atomic mass is 9.32. The summed E-state index contributed by atoms with van der Waals surface area (Å²) in [7, 11) is 1.43. The number of fused-ring (bicyclic) bond motifs is 7. The van der Waals surface area contributed by atoms with Crippen molar-refractivity contribution in [3.05, 3.63) is 0 Å². The summed E-state index contributed by atoms with van der Waals surface area (Å²) in [6, 6.07) is -0.579. The van der Waals surface area contributed by atoms with Crippen molar-refractivity contribution >= 4 is 17.7 Å². The molecule has 1 N–H and O–H groups in total. The van der Waals surface area contributed by atoms with Crippen LogP contribution in [0.5, 0.6) is 0 Å². The molecule has 5 aliphatic rings. The second-order valence-corrected chi connectivity index (χ2v) is 17.6. The molecule has 238 valence electrons. The Kier molecular flexibility index (Phi) is 8.09. The fraction of sp³-hybridized carbons (Fsp3) is 0.919. The first kappa shape index (κ1) is 32.0. The van der Waals surface area contributed by atoms with Crippen molar-refractivity contribution < 1.29 is 19.1 Å². The van der Waals surface area contributed by atoms with E-state index in [0.717, 1.165) is 44.9 Å². The van der Waals surface area contributed by atoms with Crippen molar-refractivity contribution in [3.63, 3.8) is 0 Å². The summed E-state index contributed by atoms with van der Waals surface area (Å²) in [6.45, 7) is 21.2. The van der Waals surface area contributed by atoms with Gasteiger partial charge in [0.15, 0.2) is 0 Å². The summed E-state index contributed by atoms with van der Waals surface area (Å²) in [4.78, 5) is 40.4. The zero-order valence-electron chi connectivity index (χ0n) is 28.5. The van der Waals surface area contributed by atoms with Crippen molar-refractivity contribution in [2.24, 2.45) is 68.5 Å². The van der Waals surface area contributed by atoms with Gasteiger partial charge in [0.1, 0.15) is 11.8 Å². The highest BCUT2D eigenvalue weighted by Crippen LogP contribution is 2.77. The Morgan fingerprint density at radius 2 is 1.55 bits per heavy atom. The molecule has 0 aliphatic heterocycles. The number of nitrogens with one attached hydrogen (secondary N) is 1. The van der Waals surface area contributed by atoms with E-state index in [1.165, 1.54) is 26.4 Å². The number of carbonyl (C=O) groups excluding carboxylic acids is 3. The van der Waals surface area contributed by atoms with Crippen LogP contribution in [-0.4, -0.2) is 30.8 Å². The standard InChI is InChI=1S/C37H61NO4/c1-22(2)21-26(31(40)42-10)38-32(41)37-18-13-24(23(3)4)30(37)25-11-12-28-34(7)16-15-29(39)33(5,6)27(34)14-17-36(28,9)35(25,8)19-20-37/h22-28,30H,11-21H2,1-10H3,(H,38,41)/t24-,25+,26-,27-,28+,30+,34-,35+,36+,37-/m0/s1. The van der Waals surface area contributed by atoms with Gasteiger partial charge in [0.2, 0.25) is 5.91 Å². The first-order valence-electron chi connectivity index (χ1n) is 17.4. The third-order valence-corrected chi connectivity index (χ3v) is 15.0. The maximum atomic E-state index is 14.5. The zero-order chi connectivity index (χ0) is 31.0. The van der Waals surface area contributed by atoms with Crippen LogP contribution in [0.25, 0.3) is 0 Å². The largest absolute Gasteiger partial charge is 0.467 e. The lowest BCUT2D eigenvalue weighted by Gasteiger charge is -2.72. The topological polar surface area (TPSA) is 72.5 Å². The minimum Gasteiger partial charge on any atom is -0.467 e. The smallest absolute Gasteiger partial charge is 0.328 e. The van der Waals surface area contributed by atoms with E-state index in [9.17, 15) is 14.4 Å². The van der Waals surface area contributed by atoms with Gasteiger partial charge in [-0.25, -0.2) is 4.79 Å². The molecule has 5 saturated carbocycles. The Morgan fingerprint density at radius 1 is 0.857 bits per heavy atom. The highest BCUT2D eigenvalue weighted by molar-refractivity contribution is 5.89. The second kappa shape index (κ2) is 10.6. The van der Waals surface area contributed by atoms with Crippen molar-refractivity contribution in [2.75, 3.05) is 7.11 Å². The van der Waals surface area contributed by atoms with E-state index in [1.54, 1.807) is 0 Å². The average Bonchev–Trinajstić information content (AvgIpc) is 3.32. The highest BCUT2D eigenvalue weighted by Gasteiger charge is 2.72. The molecule has 0 radical (unpaired) electrons. The quantitative estimate of drug-likeness (QED) is 0.322. The summed E-state index contributed by atoms with van der Waals surface area (Å²) in [5.41, 5.74) is -0.0577. The number of rotatable bonds is 6. The number of Topliss-reactive ketones (excluding diaryl/α,β-unsaturated/α-hetero) is 1. The zero-order valence-corrected chi connectivity index (χ0v) is 28.5. The van der Waals surface area contributed by atoms with Crippen LogP contribution in [0.3, 0.4) is 0 Å². The van der Waals surface area contributed by atoms with Gasteiger partial charge >= 0.3 is 5.97 Å². The lowest BCUT2D eigenvalue weighted by Crippen LogP contribution is -2.67. The summed E-state index contributed by atoms with van der Waals surface area (Å²) in [6.07, 6.45) is 11.1. The number of ketones is 1. The molecular formula is C37H61NO4. The lowest BCUT2D eigenvalue weighted by molar-refractivity contribution is -0.234. The first-order valence-corrected chi connectivity index (χ1v) is 17.4. The van der Waals surface area contributed by atoms with Gasteiger partial charge in [0.05, 0.1) is 12.5 Å². The monoisotopic (exact) mass is 583 g/mol. The van der Waals surface area contributed by atoms with Crippen LogP contribution < -0.4 is 5.32 Å². The van der Waals surface area contributed by atoms with Gasteiger partial charge in [-0.2, -0.15) is 0 Å². The van der Waals surface area contributed by atoms with Crippen LogP contribution in [-0.2, 0) is 19.1 Å². The van der Waals surface area contributed by atoms with Crippen molar-refractivity contribution in [1.82, 2.24) is 5.32 Å². The van der Waals surface area contributed by atoms with E-state index in [0.29, 0.717) is 47.7 Å². The van der Waals surface area contributed by atoms with Crippen LogP contribution in [0.1, 0.15) is 133 Å². The molecule has 0 aromatic rings. The van der Waals surface area contributed by atoms with Crippen molar-refractivity contribution in [3.8, 4) is 0 Å². The summed E-state index contributed by atoms with van der Waals surface area (Å²) in [5.74, 6) is 3.54. The Balaban J connectivity index is 1.50. The molecule has 5 heteroatoms. The molecule has 5 nitrogen and oxygen atoms in total. The molecule has 10 atom stereocenters. The predicted molar refractivity (Wildman–Crippen MR) is 167 cm³/mol. The Bertz CT molecular complexity index is 1100. The van der Waals surface area contributed by atoms with Crippen LogP contribution in [0, 0.1) is 68.5 Å². The van der Waals surface area contributed by atoms with E-state index >= 15 is 0 Å². The molecule has 0 bridgehead atoms. The first-order chi connectivity index (χ1) is 19.5. The minimum atomic E-state index is -0.579. The number of ether oxygens (including phenoxy) is 1. The molecule has 0 saturated heterocycles. The van der Waals surface area contributed by atoms with Crippen LogP contribution in [0.15, 0.2) is 0 Å². The van der Waals surface area contributed by atoms with Crippen molar-refractivity contribution in [2.45, 2.75) is 139 Å². The van der Waals surface area contributed by atoms with Gasteiger partial charge in [-0.1, -0.05) is 62.3 Å². The maximum Gasteiger partial charge on any atom is 0.328 e. The average molecular weight is 584 g/mol. The van der Waals surface area contributed by atoms with E-state index in [-0.39, 0.29) is 39.5 Å². The Labute approximate surface area is 256 Å². The van der Waals surface area contributed by atoms with Gasteiger partial charge in [0.25, 0.3) is 0 Å². The third kappa shape index (κ3) is 4.38. The third-order valence-electron chi connectivity index (χ3n) is 15.0. The van der Waals surface area contributed by atoms with Crippen LogP contribution >= 0.6 is 0 Å². The number of esters is 1. The van der Waals surface area contributed by atoms with E-state index in [4.69, 9.17) is 4.74 Å². The van der Waals surface area contributed by atoms with Crippen LogP contribution in [0.4, 0.5) is 0 Å². The SMILES string of the molecule is COC(=O)[C@H](CC(C)C)NC(=O)[C@]12CC[C@@H](C(C)C)[C@@H]1[C@H]1CC[C@@H]3[C@@]4(C)CCC(=O)C(C)(C)[C@@H]4CC[C@@]3(C)[C@]1(C)CC2. The van der Waals surface area contributed by atoms with Gasteiger partial charge in [0, 0.05) is 11.8 Å². The summed E-state index contributed by atoms with van der Waals surface area (Å²) in [5, 5.41) is 3.28. The van der Waals surface area contributed by atoms with E-state index in [1.807, 2.05) is 0 Å². The fourth-order valence-corrected chi connectivity index (χ4v) is 12.7. The second-order valence-electron chi connectivity index (χ2n) is 17.6. The van der Waals surface area contributed by atoms with Gasteiger partial charge in [-0.15, -0.1) is 0 Å². The number of methoxy groups -OCH3 is 1. The summed E-state index contributed by atoms with van der Waals surface area (Å²) < 4.78 is 5.14. The molecule has 0 aromatic heterocycles. The van der Waals surface area contributed by atoms with E-state index < -0.39 is 11.5 Å². The van der Waals surface area contributed by atoms with Gasteiger partial charge in [-0.3, -0.25) is 9.59 Å². The molecule has 5 fully saturated rings. The maximum absolute atomic E-state index is 14.5. The number of carbonyl (C=O) groups is 3.